The van der Waals surface area contributed by atoms with Crippen LogP contribution in [0.25, 0.3) is 10.6 Å². The van der Waals surface area contributed by atoms with Crippen molar-refractivity contribution < 1.29 is 18.0 Å². The van der Waals surface area contributed by atoms with Crippen LogP contribution in [0.2, 0.25) is 0 Å². The molecular formula is C18H19F3N4OS2. The maximum atomic E-state index is 13.1. The number of alkyl halides is 3. The van der Waals surface area contributed by atoms with Crippen molar-refractivity contribution in [1.82, 2.24) is 9.97 Å². The molecule has 5 nitrogen and oxygen atoms in total. The van der Waals surface area contributed by atoms with Gasteiger partial charge in [0.2, 0.25) is 5.91 Å². The van der Waals surface area contributed by atoms with Gasteiger partial charge in [-0.3, -0.25) is 4.79 Å². The third kappa shape index (κ3) is 5.29. The van der Waals surface area contributed by atoms with E-state index in [2.05, 4.69) is 20.6 Å². The van der Waals surface area contributed by atoms with Crippen molar-refractivity contribution in [3.63, 3.8) is 0 Å². The van der Waals surface area contributed by atoms with Gasteiger partial charge in [0, 0.05) is 12.3 Å². The van der Waals surface area contributed by atoms with Gasteiger partial charge in [0.15, 0.2) is 10.3 Å². The fraction of sp³-hybridized carbons (Fsp3) is 0.278. The Labute approximate surface area is 168 Å². The number of hydrogen-bond donors (Lipinski definition) is 2. The molecule has 0 fully saturated rings. The molecule has 0 aliphatic heterocycles. The number of benzene rings is 1. The zero-order valence-electron chi connectivity index (χ0n) is 15.6. The Kier molecular flexibility index (Phi) is 7.14. The lowest BCUT2D eigenvalue weighted by atomic mass is 10.2. The summed E-state index contributed by atoms with van der Waals surface area (Å²) < 4.78 is 39.2. The minimum Gasteiger partial charge on any atom is -0.331 e. The van der Waals surface area contributed by atoms with Crippen molar-refractivity contribution >= 4 is 44.5 Å². The van der Waals surface area contributed by atoms with Crippen molar-refractivity contribution in [3.8, 4) is 10.6 Å². The highest BCUT2D eigenvalue weighted by Crippen LogP contribution is 2.38. The van der Waals surface area contributed by atoms with Crippen LogP contribution >= 0.6 is 22.7 Å². The molecule has 3 aromatic rings. The molecule has 0 radical (unpaired) electrons. The molecule has 0 saturated carbocycles. The highest BCUT2D eigenvalue weighted by molar-refractivity contribution is 7.20. The lowest BCUT2D eigenvalue weighted by Crippen LogP contribution is -2.08. The average Bonchev–Trinajstić information content (AvgIpc) is 3.22. The number of para-hydroxylation sites is 1. The van der Waals surface area contributed by atoms with E-state index in [1.165, 1.54) is 47.8 Å². The number of rotatable bonds is 4. The Bertz CT molecular complexity index is 950. The van der Waals surface area contributed by atoms with Crippen LogP contribution < -0.4 is 10.6 Å². The Morgan fingerprint density at radius 1 is 1.11 bits per heavy atom. The predicted octanol–water partition coefficient (Wildman–Crippen LogP) is 6.32. The highest BCUT2D eigenvalue weighted by atomic mass is 32.1. The first-order valence-corrected chi connectivity index (χ1v) is 10.1. The van der Waals surface area contributed by atoms with Gasteiger partial charge in [-0.1, -0.05) is 37.3 Å². The van der Waals surface area contributed by atoms with Gasteiger partial charge in [-0.15, -0.1) is 11.3 Å². The first-order chi connectivity index (χ1) is 13.2. The predicted molar refractivity (Wildman–Crippen MR) is 108 cm³/mol. The Hall–Kier alpha value is -2.46. The SMILES string of the molecule is CC.CC(=O)Nc1nc(C)c(-c2csc(Nc3ccccc3C(F)(F)F)n2)s1. The van der Waals surface area contributed by atoms with Gasteiger partial charge in [0.1, 0.15) is 0 Å². The smallest absolute Gasteiger partial charge is 0.331 e. The van der Waals surface area contributed by atoms with Crippen molar-refractivity contribution in [2.24, 2.45) is 0 Å². The van der Waals surface area contributed by atoms with E-state index in [-0.39, 0.29) is 11.6 Å². The summed E-state index contributed by atoms with van der Waals surface area (Å²) >= 11 is 2.45. The molecule has 150 valence electrons. The van der Waals surface area contributed by atoms with Crippen LogP contribution in [0.4, 0.5) is 29.1 Å². The summed E-state index contributed by atoms with van der Waals surface area (Å²) in [6.07, 6.45) is -4.45. The fourth-order valence-electron chi connectivity index (χ4n) is 2.23. The number of anilines is 3. The van der Waals surface area contributed by atoms with Crippen molar-refractivity contribution in [2.45, 2.75) is 33.9 Å². The van der Waals surface area contributed by atoms with Crippen molar-refractivity contribution in [2.75, 3.05) is 10.6 Å². The summed E-state index contributed by atoms with van der Waals surface area (Å²) in [5, 5.41) is 7.86. The van der Waals surface area contributed by atoms with Gasteiger partial charge in [-0.05, 0) is 19.1 Å². The maximum Gasteiger partial charge on any atom is 0.418 e. The molecule has 2 aromatic heterocycles. The van der Waals surface area contributed by atoms with Gasteiger partial charge < -0.3 is 10.6 Å². The van der Waals surface area contributed by atoms with E-state index in [4.69, 9.17) is 0 Å². The van der Waals surface area contributed by atoms with Crippen LogP contribution in [0.1, 0.15) is 32.0 Å². The molecule has 0 spiro atoms. The summed E-state index contributed by atoms with van der Waals surface area (Å²) in [5.41, 5.74) is 0.472. The van der Waals surface area contributed by atoms with Crippen LogP contribution in [0, 0.1) is 6.92 Å². The summed E-state index contributed by atoms with van der Waals surface area (Å²) in [6.45, 7) is 7.17. The molecule has 0 atom stereocenters. The lowest BCUT2D eigenvalue weighted by molar-refractivity contribution is -0.136. The largest absolute Gasteiger partial charge is 0.418 e. The van der Waals surface area contributed by atoms with Crippen molar-refractivity contribution in [3.05, 3.63) is 40.9 Å². The number of carbonyl (C=O) groups excluding carboxylic acids is 1. The first-order valence-electron chi connectivity index (χ1n) is 8.38. The molecule has 3 rings (SSSR count). The van der Waals surface area contributed by atoms with Gasteiger partial charge >= 0.3 is 6.18 Å². The van der Waals surface area contributed by atoms with E-state index < -0.39 is 11.7 Å². The highest BCUT2D eigenvalue weighted by Gasteiger charge is 2.33. The zero-order valence-corrected chi connectivity index (χ0v) is 17.3. The second kappa shape index (κ2) is 9.16. The minimum atomic E-state index is -4.45. The number of hydrogen-bond acceptors (Lipinski definition) is 6. The summed E-state index contributed by atoms with van der Waals surface area (Å²) in [6, 6.07) is 5.24. The van der Waals surface area contributed by atoms with Gasteiger partial charge in [-0.2, -0.15) is 13.2 Å². The minimum absolute atomic E-state index is 0.0548. The second-order valence-corrected chi connectivity index (χ2v) is 7.18. The van der Waals surface area contributed by atoms with Gasteiger partial charge in [0.25, 0.3) is 0 Å². The molecular weight excluding hydrogens is 409 g/mol. The second-order valence-electron chi connectivity index (χ2n) is 5.32. The maximum absolute atomic E-state index is 13.1. The normalized spacial score (nSPS) is 10.8. The molecule has 0 aliphatic rings. The van der Waals surface area contributed by atoms with E-state index in [9.17, 15) is 18.0 Å². The molecule has 1 aromatic carbocycles. The monoisotopic (exact) mass is 428 g/mol. The molecule has 0 unspecified atom stereocenters. The number of aryl methyl sites for hydroxylation is 1. The topological polar surface area (TPSA) is 66.9 Å². The number of thiazole rings is 2. The van der Waals surface area contributed by atoms with Gasteiger partial charge in [-0.25, -0.2) is 9.97 Å². The molecule has 10 heteroatoms. The molecule has 0 bridgehead atoms. The summed E-state index contributed by atoms with van der Waals surface area (Å²) in [4.78, 5) is 20.5. The molecule has 2 N–H and O–H groups in total. The molecule has 2 heterocycles. The third-order valence-electron chi connectivity index (χ3n) is 3.29. The number of nitrogens with zero attached hydrogens (tertiary/aromatic N) is 2. The Morgan fingerprint density at radius 3 is 2.43 bits per heavy atom. The molecule has 28 heavy (non-hydrogen) atoms. The molecule has 1 amide bonds. The zero-order chi connectivity index (χ0) is 20.9. The lowest BCUT2D eigenvalue weighted by Gasteiger charge is -2.12. The van der Waals surface area contributed by atoms with Crippen LogP contribution in [-0.2, 0) is 11.0 Å². The number of nitrogens with one attached hydrogen (secondary N) is 2. The van der Waals surface area contributed by atoms with Crippen LogP contribution in [-0.4, -0.2) is 15.9 Å². The number of halogens is 3. The van der Waals surface area contributed by atoms with Crippen molar-refractivity contribution in [1.29, 1.82) is 0 Å². The summed E-state index contributed by atoms with van der Waals surface area (Å²) in [7, 11) is 0. The number of amides is 1. The van der Waals surface area contributed by atoms with E-state index in [1.807, 2.05) is 13.8 Å². The van der Waals surface area contributed by atoms with Crippen LogP contribution in [0.5, 0.6) is 0 Å². The van der Waals surface area contributed by atoms with E-state index >= 15 is 0 Å². The van der Waals surface area contributed by atoms with Gasteiger partial charge in [0.05, 0.1) is 27.5 Å². The van der Waals surface area contributed by atoms with Crippen LogP contribution in [0.3, 0.4) is 0 Å². The Morgan fingerprint density at radius 2 is 1.79 bits per heavy atom. The number of aromatic nitrogens is 2. The standard InChI is InChI=1S/C16H13F3N4OS2.C2H6/c1-8-13(26-15(20-8)21-9(2)24)12-7-25-14(23-12)22-11-6-4-3-5-10(11)16(17,18)19;1-2/h3-7H,1-2H3,(H,22,23)(H,20,21,24);1-2H3. The van der Waals surface area contributed by atoms with E-state index in [0.717, 1.165) is 10.9 Å². The number of carbonyl (C=O) groups is 1. The quantitative estimate of drug-likeness (QED) is 0.510. The van der Waals surface area contributed by atoms with Crippen LogP contribution in [0.15, 0.2) is 29.6 Å². The average molecular weight is 429 g/mol. The molecule has 0 saturated heterocycles. The van der Waals surface area contributed by atoms with E-state index in [0.29, 0.717) is 21.7 Å². The van der Waals surface area contributed by atoms with E-state index in [1.54, 1.807) is 12.3 Å². The first kappa shape index (κ1) is 21.8. The fourth-order valence-corrected chi connectivity index (χ4v) is 3.99. The summed E-state index contributed by atoms with van der Waals surface area (Å²) in [5.74, 6) is -0.227. The molecule has 0 aliphatic carbocycles. The Balaban J connectivity index is 0.00000136. The third-order valence-corrected chi connectivity index (χ3v) is 5.14.